The molecule has 1 aromatic rings. The SMILES string of the molecule is CCCCC(CCCCOC(=O)O)c1ccccc1. The monoisotopic (exact) mass is 264 g/mol. The van der Waals surface area contributed by atoms with Crippen LogP contribution in [-0.4, -0.2) is 17.9 Å². The van der Waals surface area contributed by atoms with Gasteiger partial charge in [0.25, 0.3) is 0 Å². The molecule has 0 saturated carbocycles. The van der Waals surface area contributed by atoms with Gasteiger partial charge in [0.2, 0.25) is 0 Å². The molecule has 0 heterocycles. The lowest BCUT2D eigenvalue weighted by atomic mass is 9.89. The van der Waals surface area contributed by atoms with Crippen LogP contribution in [0, 0.1) is 0 Å². The van der Waals surface area contributed by atoms with Gasteiger partial charge in [-0.15, -0.1) is 0 Å². The first-order valence-electron chi connectivity index (χ1n) is 7.14. The second-order valence-corrected chi connectivity index (χ2v) is 4.86. The van der Waals surface area contributed by atoms with E-state index in [0.717, 1.165) is 19.3 Å². The number of carbonyl (C=O) groups is 1. The van der Waals surface area contributed by atoms with Gasteiger partial charge >= 0.3 is 6.16 Å². The molecule has 3 nitrogen and oxygen atoms in total. The molecule has 19 heavy (non-hydrogen) atoms. The zero-order valence-corrected chi connectivity index (χ0v) is 11.7. The molecule has 0 aromatic heterocycles. The van der Waals surface area contributed by atoms with Crippen LogP contribution in [-0.2, 0) is 4.74 Å². The highest BCUT2D eigenvalue weighted by atomic mass is 16.7. The Morgan fingerprint density at radius 1 is 1.16 bits per heavy atom. The van der Waals surface area contributed by atoms with Crippen LogP contribution in [0.5, 0.6) is 0 Å². The van der Waals surface area contributed by atoms with Crippen LogP contribution in [0.15, 0.2) is 30.3 Å². The van der Waals surface area contributed by atoms with E-state index < -0.39 is 6.16 Å². The third-order valence-electron chi connectivity index (χ3n) is 3.35. The number of benzene rings is 1. The number of carboxylic acid groups (broad SMARTS) is 1. The average Bonchev–Trinajstić information content (AvgIpc) is 2.42. The fraction of sp³-hybridized carbons (Fsp3) is 0.562. The van der Waals surface area contributed by atoms with Crippen molar-refractivity contribution in [3.8, 4) is 0 Å². The fourth-order valence-corrected chi connectivity index (χ4v) is 2.31. The van der Waals surface area contributed by atoms with Gasteiger partial charge in [0, 0.05) is 0 Å². The van der Waals surface area contributed by atoms with E-state index >= 15 is 0 Å². The standard InChI is InChI=1S/C16H24O3/c1-2-3-9-14(15-10-5-4-6-11-15)12-7-8-13-19-16(17)18/h4-6,10-11,14H,2-3,7-9,12-13H2,1H3,(H,17,18). The molecule has 1 aromatic carbocycles. The molecule has 106 valence electrons. The molecule has 0 bridgehead atoms. The molecule has 1 N–H and O–H groups in total. The van der Waals surface area contributed by atoms with Crippen LogP contribution < -0.4 is 0 Å². The number of unbranched alkanes of at least 4 members (excludes halogenated alkanes) is 2. The summed E-state index contributed by atoms with van der Waals surface area (Å²) in [5.41, 5.74) is 1.40. The van der Waals surface area contributed by atoms with Gasteiger partial charge < -0.3 is 9.84 Å². The van der Waals surface area contributed by atoms with Crippen LogP contribution in [0.25, 0.3) is 0 Å². The Morgan fingerprint density at radius 3 is 2.47 bits per heavy atom. The normalized spacial score (nSPS) is 12.1. The predicted molar refractivity (Wildman–Crippen MR) is 76.5 cm³/mol. The zero-order chi connectivity index (χ0) is 13.9. The molecule has 0 radical (unpaired) electrons. The van der Waals surface area contributed by atoms with Gasteiger partial charge in [0.15, 0.2) is 0 Å². The van der Waals surface area contributed by atoms with Crippen molar-refractivity contribution in [2.75, 3.05) is 6.61 Å². The second-order valence-electron chi connectivity index (χ2n) is 4.86. The van der Waals surface area contributed by atoms with Crippen molar-refractivity contribution in [1.82, 2.24) is 0 Å². The van der Waals surface area contributed by atoms with Crippen molar-refractivity contribution in [2.45, 2.75) is 51.4 Å². The highest BCUT2D eigenvalue weighted by molar-refractivity contribution is 5.56. The summed E-state index contributed by atoms with van der Waals surface area (Å²) in [6, 6.07) is 10.6. The van der Waals surface area contributed by atoms with Crippen LogP contribution in [0.2, 0.25) is 0 Å². The molecule has 0 aliphatic rings. The van der Waals surface area contributed by atoms with E-state index in [-0.39, 0.29) is 0 Å². The highest BCUT2D eigenvalue weighted by Crippen LogP contribution is 2.27. The first-order chi connectivity index (χ1) is 9.24. The summed E-state index contributed by atoms with van der Waals surface area (Å²) in [6.07, 6.45) is 5.41. The first-order valence-corrected chi connectivity index (χ1v) is 7.14. The van der Waals surface area contributed by atoms with E-state index in [2.05, 4.69) is 35.9 Å². The summed E-state index contributed by atoms with van der Waals surface area (Å²) in [4.78, 5) is 10.2. The highest BCUT2D eigenvalue weighted by Gasteiger charge is 2.10. The third kappa shape index (κ3) is 6.85. The summed E-state index contributed by atoms with van der Waals surface area (Å²) >= 11 is 0. The first kappa shape index (κ1) is 15.5. The van der Waals surface area contributed by atoms with E-state index in [0.29, 0.717) is 12.5 Å². The van der Waals surface area contributed by atoms with Crippen LogP contribution >= 0.6 is 0 Å². The largest absolute Gasteiger partial charge is 0.505 e. The quantitative estimate of drug-likeness (QED) is 0.513. The minimum absolute atomic E-state index is 0.310. The Bertz CT molecular complexity index is 348. The van der Waals surface area contributed by atoms with Gasteiger partial charge in [-0.2, -0.15) is 0 Å². The Labute approximate surface area is 115 Å². The third-order valence-corrected chi connectivity index (χ3v) is 3.35. The molecule has 0 fully saturated rings. The number of hydrogen-bond donors (Lipinski definition) is 1. The molecule has 1 rings (SSSR count). The Kier molecular flexibility index (Phi) is 7.71. The summed E-state index contributed by atoms with van der Waals surface area (Å²) in [6.45, 7) is 2.52. The van der Waals surface area contributed by atoms with E-state index in [1.54, 1.807) is 0 Å². The minimum atomic E-state index is -1.18. The smallest absolute Gasteiger partial charge is 0.450 e. The second kappa shape index (κ2) is 9.42. The van der Waals surface area contributed by atoms with Crippen LogP contribution in [0.1, 0.15) is 56.9 Å². The van der Waals surface area contributed by atoms with E-state index in [4.69, 9.17) is 5.11 Å². The van der Waals surface area contributed by atoms with E-state index in [1.165, 1.54) is 24.8 Å². The number of hydrogen-bond acceptors (Lipinski definition) is 2. The average molecular weight is 264 g/mol. The lowest BCUT2D eigenvalue weighted by molar-refractivity contribution is 0.0898. The zero-order valence-electron chi connectivity index (χ0n) is 11.7. The predicted octanol–water partition coefficient (Wildman–Crippen LogP) is 4.83. The van der Waals surface area contributed by atoms with E-state index in [9.17, 15) is 4.79 Å². The Morgan fingerprint density at radius 2 is 1.84 bits per heavy atom. The molecule has 1 unspecified atom stereocenters. The molecule has 0 saturated heterocycles. The van der Waals surface area contributed by atoms with Crippen molar-refractivity contribution in [2.24, 2.45) is 0 Å². The number of ether oxygens (including phenoxy) is 1. The van der Waals surface area contributed by atoms with Crippen molar-refractivity contribution >= 4 is 6.16 Å². The fourth-order valence-electron chi connectivity index (χ4n) is 2.31. The molecule has 0 spiro atoms. The Balaban J connectivity index is 2.36. The maximum atomic E-state index is 10.2. The van der Waals surface area contributed by atoms with Crippen molar-refractivity contribution in [3.63, 3.8) is 0 Å². The maximum absolute atomic E-state index is 10.2. The Hall–Kier alpha value is -1.51. The molecule has 3 heteroatoms. The molecular formula is C16H24O3. The summed E-state index contributed by atoms with van der Waals surface area (Å²) in [7, 11) is 0. The van der Waals surface area contributed by atoms with Crippen molar-refractivity contribution < 1.29 is 14.6 Å². The van der Waals surface area contributed by atoms with Gasteiger partial charge in [-0.3, -0.25) is 0 Å². The van der Waals surface area contributed by atoms with Crippen LogP contribution in [0.3, 0.4) is 0 Å². The molecule has 0 amide bonds. The maximum Gasteiger partial charge on any atom is 0.505 e. The summed E-state index contributed by atoms with van der Waals surface area (Å²) in [5, 5.41) is 8.39. The summed E-state index contributed by atoms with van der Waals surface area (Å²) in [5.74, 6) is 0.589. The molecular weight excluding hydrogens is 240 g/mol. The molecule has 1 atom stereocenters. The van der Waals surface area contributed by atoms with Gasteiger partial charge in [0.05, 0.1) is 6.61 Å². The molecule has 0 aliphatic heterocycles. The topological polar surface area (TPSA) is 46.5 Å². The van der Waals surface area contributed by atoms with Gasteiger partial charge in [-0.05, 0) is 37.2 Å². The van der Waals surface area contributed by atoms with E-state index in [1.807, 2.05) is 6.07 Å². The van der Waals surface area contributed by atoms with Gasteiger partial charge in [0.1, 0.15) is 0 Å². The van der Waals surface area contributed by atoms with Gasteiger partial charge in [-0.25, -0.2) is 4.79 Å². The number of rotatable bonds is 9. The molecule has 0 aliphatic carbocycles. The van der Waals surface area contributed by atoms with Crippen molar-refractivity contribution in [1.29, 1.82) is 0 Å². The van der Waals surface area contributed by atoms with Crippen LogP contribution in [0.4, 0.5) is 4.79 Å². The lowest BCUT2D eigenvalue weighted by Crippen LogP contribution is -2.03. The minimum Gasteiger partial charge on any atom is -0.450 e. The van der Waals surface area contributed by atoms with Gasteiger partial charge in [-0.1, -0.05) is 50.1 Å². The lowest BCUT2D eigenvalue weighted by Gasteiger charge is -2.17. The summed E-state index contributed by atoms with van der Waals surface area (Å²) < 4.78 is 4.53. The van der Waals surface area contributed by atoms with Crippen molar-refractivity contribution in [3.05, 3.63) is 35.9 Å².